The van der Waals surface area contributed by atoms with E-state index in [-0.39, 0.29) is 28.6 Å². The molecule has 0 radical (unpaired) electrons. The number of aromatic nitrogens is 2. The molecule has 1 N–H and O–H groups in total. The third-order valence-electron chi connectivity index (χ3n) is 5.74. The van der Waals surface area contributed by atoms with Gasteiger partial charge in [-0.15, -0.1) is 11.3 Å². The van der Waals surface area contributed by atoms with E-state index >= 15 is 0 Å². The van der Waals surface area contributed by atoms with Gasteiger partial charge in [0.25, 0.3) is 11.2 Å². The van der Waals surface area contributed by atoms with E-state index in [1.54, 1.807) is 35.0 Å². The summed E-state index contributed by atoms with van der Waals surface area (Å²) in [5.74, 6) is 0.210. The van der Waals surface area contributed by atoms with Crippen LogP contribution in [0.5, 0.6) is 0 Å². The van der Waals surface area contributed by atoms with Crippen LogP contribution in [0.4, 0.5) is 11.4 Å². The van der Waals surface area contributed by atoms with Crippen LogP contribution in [0, 0.1) is 23.0 Å². The molecule has 1 aliphatic carbocycles. The van der Waals surface area contributed by atoms with Crippen molar-refractivity contribution < 1.29 is 9.72 Å². The van der Waals surface area contributed by atoms with Gasteiger partial charge < -0.3 is 5.32 Å². The van der Waals surface area contributed by atoms with Gasteiger partial charge in [0.05, 0.1) is 16.1 Å². The molecule has 0 aliphatic heterocycles. The Balaban J connectivity index is 1.59. The minimum absolute atomic E-state index is 0.00837. The third-order valence-corrected chi connectivity index (χ3v) is 7.87. The van der Waals surface area contributed by atoms with Crippen molar-refractivity contribution in [2.45, 2.75) is 51.7 Å². The van der Waals surface area contributed by atoms with Crippen LogP contribution >= 0.6 is 23.1 Å². The summed E-state index contributed by atoms with van der Waals surface area (Å²) in [6.07, 6.45) is 2.95. The molecular formula is C22H24N4O4S2. The fourth-order valence-electron chi connectivity index (χ4n) is 4.07. The number of amides is 1. The number of thiophene rings is 1. The molecule has 0 bridgehead atoms. The van der Waals surface area contributed by atoms with E-state index in [0.29, 0.717) is 23.2 Å². The fraction of sp³-hybridized carbons (Fsp3) is 0.409. The highest BCUT2D eigenvalue weighted by Gasteiger charge is 2.25. The van der Waals surface area contributed by atoms with Gasteiger partial charge in [-0.25, -0.2) is 4.98 Å². The zero-order valence-corrected chi connectivity index (χ0v) is 19.8. The van der Waals surface area contributed by atoms with Crippen molar-refractivity contribution in [3.63, 3.8) is 0 Å². The molecule has 8 nitrogen and oxygen atoms in total. The van der Waals surface area contributed by atoms with Crippen LogP contribution in [0.1, 0.15) is 36.3 Å². The van der Waals surface area contributed by atoms with Crippen molar-refractivity contribution in [1.82, 2.24) is 9.55 Å². The molecule has 2 heterocycles. The first kappa shape index (κ1) is 22.5. The smallest absolute Gasteiger partial charge is 0.293 e. The lowest BCUT2D eigenvalue weighted by molar-refractivity contribution is -0.384. The number of thioether (sulfide) groups is 1. The molecule has 10 heteroatoms. The summed E-state index contributed by atoms with van der Waals surface area (Å²) in [5.41, 5.74) is 1.75. The summed E-state index contributed by atoms with van der Waals surface area (Å²) in [6, 6.07) is 4.65. The van der Waals surface area contributed by atoms with E-state index in [0.717, 1.165) is 35.0 Å². The number of aryl methyl sites for hydroxylation is 2. The van der Waals surface area contributed by atoms with Crippen molar-refractivity contribution >= 4 is 50.6 Å². The van der Waals surface area contributed by atoms with Gasteiger partial charge in [0.15, 0.2) is 5.16 Å². The average Bonchev–Trinajstić information content (AvgIpc) is 3.11. The molecule has 4 rings (SSSR count). The number of rotatable bonds is 6. The van der Waals surface area contributed by atoms with Crippen LogP contribution < -0.4 is 10.9 Å². The second-order valence-electron chi connectivity index (χ2n) is 8.04. The van der Waals surface area contributed by atoms with Crippen LogP contribution in [0.15, 0.2) is 28.2 Å². The van der Waals surface area contributed by atoms with Crippen LogP contribution in [-0.4, -0.2) is 26.1 Å². The number of nitro benzene ring substituents is 1. The number of nitrogens with one attached hydrogen (secondary N) is 1. The Hall–Kier alpha value is -2.72. The summed E-state index contributed by atoms with van der Waals surface area (Å²) in [5, 5.41) is 15.2. The van der Waals surface area contributed by atoms with E-state index in [1.165, 1.54) is 22.7 Å². The monoisotopic (exact) mass is 472 g/mol. The number of anilines is 1. The molecule has 1 unspecified atom stereocenters. The number of para-hydroxylation sites is 1. The van der Waals surface area contributed by atoms with Gasteiger partial charge in [-0.05, 0) is 50.2 Å². The lowest BCUT2D eigenvalue weighted by Gasteiger charge is -2.17. The second-order valence-corrected chi connectivity index (χ2v) is 10.1. The van der Waals surface area contributed by atoms with Crippen molar-refractivity contribution in [2.75, 3.05) is 11.1 Å². The van der Waals surface area contributed by atoms with Gasteiger partial charge in [0.2, 0.25) is 5.91 Å². The van der Waals surface area contributed by atoms with E-state index in [2.05, 4.69) is 12.2 Å². The van der Waals surface area contributed by atoms with Gasteiger partial charge in [-0.3, -0.25) is 24.3 Å². The first-order valence-electron chi connectivity index (χ1n) is 10.5. The Bertz CT molecular complexity index is 1280. The molecule has 1 amide bonds. The van der Waals surface area contributed by atoms with E-state index in [9.17, 15) is 19.7 Å². The van der Waals surface area contributed by atoms with E-state index in [4.69, 9.17) is 4.98 Å². The highest BCUT2D eigenvalue weighted by Crippen LogP contribution is 2.36. The van der Waals surface area contributed by atoms with Gasteiger partial charge in [-0.1, -0.05) is 30.8 Å². The van der Waals surface area contributed by atoms with Gasteiger partial charge in [0.1, 0.15) is 10.5 Å². The highest BCUT2D eigenvalue weighted by molar-refractivity contribution is 7.99. The minimum Gasteiger partial charge on any atom is -0.319 e. The van der Waals surface area contributed by atoms with Crippen LogP contribution in [0.3, 0.4) is 0 Å². The maximum absolute atomic E-state index is 13.2. The normalized spacial score (nSPS) is 15.5. The van der Waals surface area contributed by atoms with E-state index in [1.807, 2.05) is 6.92 Å². The topological polar surface area (TPSA) is 107 Å². The maximum Gasteiger partial charge on any atom is 0.293 e. The minimum atomic E-state index is -0.514. The van der Waals surface area contributed by atoms with E-state index < -0.39 is 4.92 Å². The Labute approximate surface area is 193 Å². The molecule has 32 heavy (non-hydrogen) atoms. The van der Waals surface area contributed by atoms with Gasteiger partial charge in [0, 0.05) is 17.5 Å². The SMILES string of the molecule is CCn1c(SCC(=O)Nc2c(C)cccc2[N+](=O)[O-])nc2sc3c(c2c1=O)CCC(C)C3. The van der Waals surface area contributed by atoms with Gasteiger partial charge in [-0.2, -0.15) is 0 Å². The van der Waals surface area contributed by atoms with Gasteiger partial charge >= 0.3 is 0 Å². The number of benzene rings is 1. The predicted molar refractivity (Wildman–Crippen MR) is 128 cm³/mol. The number of hydrogen-bond acceptors (Lipinski definition) is 7. The summed E-state index contributed by atoms with van der Waals surface area (Å²) in [7, 11) is 0. The zero-order valence-electron chi connectivity index (χ0n) is 18.1. The molecule has 2 aromatic heterocycles. The molecule has 0 spiro atoms. The largest absolute Gasteiger partial charge is 0.319 e. The van der Waals surface area contributed by atoms with Crippen molar-refractivity contribution in [3.8, 4) is 0 Å². The average molecular weight is 473 g/mol. The number of fused-ring (bicyclic) bond motifs is 3. The first-order chi connectivity index (χ1) is 15.3. The number of carbonyl (C=O) groups is 1. The van der Waals surface area contributed by atoms with Crippen LogP contribution in [-0.2, 0) is 24.2 Å². The summed E-state index contributed by atoms with van der Waals surface area (Å²) in [4.78, 5) is 43.3. The standard InChI is InChI=1S/C22H24N4O4S2/c1-4-25-21(28)18-14-9-8-12(2)10-16(14)32-20(18)24-22(25)31-11-17(27)23-19-13(3)6-5-7-15(19)26(29)30/h5-7,12H,4,8-11H2,1-3H3,(H,23,27). The maximum atomic E-state index is 13.2. The number of nitrogens with zero attached hydrogens (tertiary/aromatic N) is 3. The molecule has 1 atom stereocenters. The molecule has 0 fully saturated rings. The molecule has 3 aromatic rings. The fourth-order valence-corrected chi connectivity index (χ4v) is 6.35. The molecule has 1 aromatic carbocycles. The molecular weight excluding hydrogens is 448 g/mol. The molecule has 0 saturated heterocycles. The van der Waals surface area contributed by atoms with Crippen molar-refractivity contribution in [3.05, 3.63) is 54.7 Å². The summed E-state index contributed by atoms with van der Waals surface area (Å²) >= 11 is 2.75. The van der Waals surface area contributed by atoms with Crippen LogP contribution in [0.25, 0.3) is 10.2 Å². The second kappa shape index (κ2) is 9.03. The van der Waals surface area contributed by atoms with Crippen molar-refractivity contribution in [1.29, 1.82) is 0 Å². The number of nitro groups is 1. The predicted octanol–water partition coefficient (Wildman–Crippen LogP) is 4.55. The van der Waals surface area contributed by atoms with Crippen LogP contribution in [0.2, 0.25) is 0 Å². The highest BCUT2D eigenvalue weighted by atomic mass is 32.2. The molecule has 0 saturated carbocycles. The first-order valence-corrected chi connectivity index (χ1v) is 12.3. The van der Waals surface area contributed by atoms with Crippen molar-refractivity contribution in [2.24, 2.45) is 5.92 Å². The Kier molecular flexibility index (Phi) is 6.34. The number of carbonyl (C=O) groups excluding carboxylic acids is 1. The molecule has 168 valence electrons. The quantitative estimate of drug-likeness (QED) is 0.244. The Morgan fingerprint density at radius 2 is 2.22 bits per heavy atom. The lowest BCUT2D eigenvalue weighted by Crippen LogP contribution is -2.24. The lowest BCUT2D eigenvalue weighted by atomic mass is 9.89. The summed E-state index contributed by atoms with van der Waals surface area (Å²) < 4.78 is 1.61. The molecule has 1 aliphatic rings. The number of hydrogen-bond donors (Lipinski definition) is 1. The third kappa shape index (κ3) is 4.16. The summed E-state index contributed by atoms with van der Waals surface area (Å²) in [6.45, 7) is 6.27. The Morgan fingerprint density at radius 1 is 1.44 bits per heavy atom. The zero-order chi connectivity index (χ0) is 23.0. The Morgan fingerprint density at radius 3 is 2.94 bits per heavy atom.